The molecule has 0 N–H and O–H groups in total. The number of hydrogen-bond acceptors (Lipinski definition) is 6. The first-order valence-electron chi connectivity index (χ1n) is 8.47. The average Bonchev–Trinajstić information content (AvgIpc) is 3.25. The molecular weight excluding hydrogens is 356 g/mol. The number of amides is 1. The number of oxazole rings is 1. The highest BCUT2D eigenvalue weighted by Gasteiger charge is 2.26. The van der Waals surface area contributed by atoms with Crippen molar-refractivity contribution in [1.29, 1.82) is 0 Å². The molecule has 0 spiro atoms. The molecule has 0 saturated carbocycles. The van der Waals surface area contributed by atoms with Crippen molar-refractivity contribution in [3.8, 4) is 17.2 Å². The van der Waals surface area contributed by atoms with Gasteiger partial charge in [0, 0.05) is 18.7 Å². The molecule has 1 aromatic carbocycles. The van der Waals surface area contributed by atoms with E-state index in [2.05, 4.69) is 4.98 Å². The van der Waals surface area contributed by atoms with E-state index in [-0.39, 0.29) is 11.7 Å². The Bertz CT molecular complexity index is 898. The summed E-state index contributed by atoms with van der Waals surface area (Å²) in [5.74, 6) is 0.275. The van der Waals surface area contributed by atoms with Gasteiger partial charge in [0.15, 0.2) is 9.84 Å². The van der Waals surface area contributed by atoms with Crippen molar-refractivity contribution in [2.45, 2.75) is 25.5 Å². The van der Waals surface area contributed by atoms with Crippen molar-refractivity contribution in [2.75, 3.05) is 26.0 Å². The van der Waals surface area contributed by atoms with Crippen LogP contribution in [0.2, 0.25) is 0 Å². The number of aryl methyl sites for hydroxylation is 1. The predicted molar refractivity (Wildman–Crippen MR) is 96.5 cm³/mol. The van der Waals surface area contributed by atoms with Crippen LogP contribution in [-0.2, 0) is 20.4 Å². The minimum Gasteiger partial charge on any atom is -0.497 e. The third-order valence-electron chi connectivity index (χ3n) is 4.37. The number of rotatable bonds is 6. The van der Waals surface area contributed by atoms with Gasteiger partial charge in [-0.05, 0) is 38.0 Å². The third-order valence-corrected chi connectivity index (χ3v) is 5.77. The fourth-order valence-corrected chi connectivity index (χ4v) is 4.29. The van der Waals surface area contributed by atoms with Crippen LogP contribution in [-0.4, -0.2) is 50.2 Å². The van der Waals surface area contributed by atoms with E-state index in [0.717, 1.165) is 12.8 Å². The highest BCUT2D eigenvalue weighted by molar-refractivity contribution is 7.91. The molecule has 1 aromatic heterocycles. The van der Waals surface area contributed by atoms with Crippen LogP contribution in [0.4, 0.5) is 0 Å². The Morgan fingerprint density at radius 1 is 1.31 bits per heavy atom. The fraction of sp³-hybridized carbons (Fsp3) is 0.444. The minimum atomic E-state index is -3.61. The van der Waals surface area contributed by atoms with Crippen LogP contribution in [0, 0.1) is 6.92 Å². The van der Waals surface area contributed by atoms with Gasteiger partial charge in [0.05, 0.1) is 18.6 Å². The van der Waals surface area contributed by atoms with Crippen molar-refractivity contribution < 1.29 is 22.4 Å². The zero-order valence-corrected chi connectivity index (χ0v) is 15.7. The summed E-state index contributed by atoms with van der Waals surface area (Å²) in [4.78, 5) is 18.0. The number of nitrogens with zero attached hydrogens (tertiary/aromatic N) is 2. The van der Waals surface area contributed by atoms with Crippen LogP contribution in [0.25, 0.3) is 11.5 Å². The van der Waals surface area contributed by atoms with Crippen LogP contribution in [0.3, 0.4) is 0 Å². The summed E-state index contributed by atoms with van der Waals surface area (Å²) in [7, 11) is -2.05. The lowest BCUT2D eigenvalue weighted by Crippen LogP contribution is -2.33. The minimum absolute atomic E-state index is 0.314. The zero-order valence-electron chi connectivity index (χ0n) is 14.9. The molecule has 1 amide bonds. The molecule has 1 aliphatic rings. The first-order valence-corrected chi connectivity index (χ1v) is 10.3. The summed E-state index contributed by atoms with van der Waals surface area (Å²) in [5, 5.41) is 0. The van der Waals surface area contributed by atoms with Gasteiger partial charge >= 0.3 is 0 Å². The molecule has 1 fully saturated rings. The SMILES string of the molecule is COc1cccc(-c2nc(CS(=O)(=O)CC(=O)N3CCCC3)c(C)o2)c1. The summed E-state index contributed by atoms with van der Waals surface area (Å²) in [6.45, 7) is 2.94. The van der Waals surface area contributed by atoms with E-state index < -0.39 is 15.6 Å². The number of likely N-dealkylation sites (tertiary alicyclic amines) is 1. The van der Waals surface area contributed by atoms with Crippen molar-refractivity contribution in [1.82, 2.24) is 9.88 Å². The molecule has 0 aliphatic carbocycles. The maximum Gasteiger partial charge on any atom is 0.237 e. The maximum atomic E-state index is 12.4. The van der Waals surface area contributed by atoms with Crippen LogP contribution >= 0.6 is 0 Å². The second kappa shape index (κ2) is 7.49. The Kier molecular flexibility index (Phi) is 5.31. The van der Waals surface area contributed by atoms with Gasteiger partial charge in [-0.25, -0.2) is 13.4 Å². The molecule has 2 aromatic rings. The lowest BCUT2D eigenvalue weighted by molar-refractivity contribution is -0.127. The standard InChI is InChI=1S/C18H22N2O5S/c1-13-16(11-26(22,23)12-17(21)20-8-3-4-9-20)19-18(25-13)14-6-5-7-15(10-14)24-2/h5-7,10H,3-4,8-9,11-12H2,1-2H3. The molecular formula is C18H22N2O5S. The lowest BCUT2D eigenvalue weighted by Gasteiger charge is -2.14. The second-order valence-electron chi connectivity index (χ2n) is 6.37. The summed E-state index contributed by atoms with van der Waals surface area (Å²) in [6.07, 6.45) is 1.86. The fourth-order valence-electron chi connectivity index (χ4n) is 2.95. The maximum absolute atomic E-state index is 12.4. The number of carbonyl (C=O) groups excluding carboxylic acids is 1. The molecule has 7 nitrogen and oxygen atoms in total. The molecule has 0 unspecified atom stereocenters. The van der Waals surface area contributed by atoms with Gasteiger partial charge in [0.1, 0.15) is 17.3 Å². The predicted octanol–water partition coefficient (Wildman–Crippen LogP) is 2.20. The van der Waals surface area contributed by atoms with Gasteiger partial charge in [-0.2, -0.15) is 0 Å². The number of benzene rings is 1. The zero-order chi connectivity index (χ0) is 18.7. The molecule has 0 atom stereocenters. The number of carbonyl (C=O) groups is 1. The monoisotopic (exact) mass is 378 g/mol. The lowest BCUT2D eigenvalue weighted by atomic mass is 10.2. The third kappa shape index (κ3) is 4.24. The van der Waals surface area contributed by atoms with Gasteiger partial charge in [0.25, 0.3) is 0 Å². The van der Waals surface area contributed by atoms with E-state index in [0.29, 0.717) is 41.7 Å². The molecule has 8 heteroatoms. The summed E-state index contributed by atoms with van der Waals surface area (Å²) >= 11 is 0. The molecule has 3 rings (SSSR count). The summed E-state index contributed by atoms with van der Waals surface area (Å²) in [5.41, 5.74) is 1.03. The smallest absolute Gasteiger partial charge is 0.237 e. The van der Waals surface area contributed by atoms with Crippen LogP contribution in [0.15, 0.2) is 28.7 Å². The molecule has 0 bridgehead atoms. The first-order chi connectivity index (χ1) is 12.4. The largest absolute Gasteiger partial charge is 0.497 e. The Labute approximate surface area is 152 Å². The van der Waals surface area contributed by atoms with Crippen LogP contribution in [0.1, 0.15) is 24.3 Å². The number of hydrogen-bond donors (Lipinski definition) is 0. The molecule has 140 valence electrons. The topological polar surface area (TPSA) is 89.7 Å². The van der Waals surface area contributed by atoms with Gasteiger partial charge in [0.2, 0.25) is 11.8 Å². The Balaban J connectivity index is 1.75. The van der Waals surface area contributed by atoms with Crippen molar-refractivity contribution in [3.05, 3.63) is 35.7 Å². The molecule has 1 aliphatic heterocycles. The first kappa shape index (κ1) is 18.4. The summed E-state index contributed by atoms with van der Waals surface area (Å²) < 4.78 is 35.6. The summed E-state index contributed by atoms with van der Waals surface area (Å²) in [6, 6.07) is 7.18. The van der Waals surface area contributed by atoms with E-state index >= 15 is 0 Å². The van der Waals surface area contributed by atoms with E-state index in [1.807, 2.05) is 6.07 Å². The average molecular weight is 378 g/mol. The number of aromatic nitrogens is 1. The van der Waals surface area contributed by atoms with E-state index in [9.17, 15) is 13.2 Å². The normalized spacial score (nSPS) is 14.6. The van der Waals surface area contributed by atoms with Gasteiger partial charge in [-0.1, -0.05) is 6.07 Å². The quantitative estimate of drug-likeness (QED) is 0.765. The Hall–Kier alpha value is -2.35. The number of methoxy groups -OCH3 is 1. The van der Waals surface area contributed by atoms with Gasteiger partial charge in [-0.3, -0.25) is 4.79 Å². The Morgan fingerprint density at radius 2 is 2.04 bits per heavy atom. The van der Waals surface area contributed by atoms with Gasteiger partial charge < -0.3 is 14.1 Å². The highest BCUT2D eigenvalue weighted by Crippen LogP contribution is 2.26. The van der Waals surface area contributed by atoms with Crippen molar-refractivity contribution in [2.24, 2.45) is 0 Å². The Morgan fingerprint density at radius 3 is 2.73 bits per heavy atom. The van der Waals surface area contributed by atoms with Crippen LogP contribution < -0.4 is 4.74 Å². The number of sulfone groups is 1. The molecule has 1 saturated heterocycles. The molecule has 26 heavy (non-hydrogen) atoms. The van der Waals surface area contributed by atoms with E-state index in [1.54, 1.807) is 37.1 Å². The van der Waals surface area contributed by atoms with E-state index in [4.69, 9.17) is 9.15 Å². The number of ether oxygens (including phenoxy) is 1. The van der Waals surface area contributed by atoms with Crippen molar-refractivity contribution in [3.63, 3.8) is 0 Å². The van der Waals surface area contributed by atoms with Crippen LogP contribution in [0.5, 0.6) is 5.75 Å². The highest BCUT2D eigenvalue weighted by atomic mass is 32.2. The van der Waals surface area contributed by atoms with Gasteiger partial charge in [-0.15, -0.1) is 0 Å². The van der Waals surface area contributed by atoms with Crippen molar-refractivity contribution >= 4 is 15.7 Å². The molecule has 2 heterocycles. The second-order valence-corrected chi connectivity index (χ2v) is 8.44. The molecule has 0 radical (unpaired) electrons. The van der Waals surface area contributed by atoms with E-state index in [1.165, 1.54) is 0 Å².